The second kappa shape index (κ2) is 9.14. The van der Waals surface area contributed by atoms with Gasteiger partial charge in [-0.3, -0.25) is 0 Å². The number of hydrogen-bond donors (Lipinski definition) is 1. The van der Waals surface area contributed by atoms with Crippen molar-refractivity contribution >= 4 is 11.8 Å². The molecule has 2 aromatic rings. The Balaban J connectivity index is 1.97. The van der Waals surface area contributed by atoms with Gasteiger partial charge in [0.15, 0.2) is 0 Å². The summed E-state index contributed by atoms with van der Waals surface area (Å²) >= 11 is 1.94. The molecule has 1 N–H and O–H groups in total. The maximum absolute atomic E-state index is 3.81. The van der Waals surface area contributed by atoms with Crippen molar-refractivity contribution < 1.29 is 0 Å². The standard InChI is InChI=1S/C21H29NS/c1-16(2)14-21(20-13-9-8-10-17(20)3)22-15-18(4)23-19-11-6-5-7-12-19/h5-13,16,18,21-22H,14-15H2,1-4H3. The van der Waals surface area contributed by atoms with Gasteiger partial charge in [0.1, 0.15) is 0 Å². The quantitative estimate of drug-likeness (QED) is 0.610. The Morgan fingerprint density at radius 2 is 1.57 bits per heavy atom. The highest BCUT2D eigenvalue weighted by Gasteiger charge is 2.16. The molecule has 1 nitrogen and oxygen atoms in total. The molecule has 0 bridgehead atoms. The minimum absolute atomic E-state index is 0.440. The molecule has 0 aliphatic rings. The number of thioether (sulfide) groups is 1. The summed E-state index contributed by atoms with van der Waals surface area (Å²) in [5.74, 6) is 0.684. The van der Waals surface area contributed by atoms with E-state index in [0.29, 0.717) is 17.2 Å². The Morgan fingerprint density at radius 1 is 0.913 bits per heavy atom. The van der Waals surface area contributed by atoms with E-state index in [1.807, 2.05) is 11.8 Å². The smallest absolute Gasteiger partial charge is 0.0325 e. The maximum atomic E-state index is 3.81. The van der Waals surface area contributed by atoms with Gasteiger partial charge >= 0.3 is 0 Å². The average Bonchev–Trinajstić information content (AvgIpc) is 2.53. The highest BCUT2D eigenvalue weighted by atomic mass is 32.2. The Labute approximate surface area is 145 Å². The summed E-state index contributed by atoms with van der Waals surface area (Å²) in [5, 5.41) is 4.36. The van der Waals surface area contributed by atoms with E-state index < -0.39 is 0 Å². The van der Waals surface area contributed by atoms with Gasteiger partial charge in [-0.25, -0.2) is 0 Å². The first kappa shape index (κ1) is 18.1. The van der Waals surface area contributed by atoms with Crippen molar-refractivity contribution in [3.63, 3.8) is 0 Å². The van der Waals surface area contributed by atoms with Crippen molar-refractivity contribution in [1.82, 2.24) is 5.32 Å². The fourth-order valence-electron chi connectivity index (χ4n) is 2.85. The van der Waals surface area contributed by atoms with Crippen molar-refractivity contribution in [2.75, 3.05) is 6.54 Å². The van der Waals surface area contributed by atoms with Crippen molar-refractivity contribution in [2.45, 2.75) is 50.3 Å². The van der Waals surface area contributed by atoms with Gasteiger partial charge in [-0.05, 0) is 42.5 Å². The molecule has 23 heavy (non-hydrogen) atoms. The maximum Gasteiger partial charge on any atom is 0.0325 e. The predicted molar refractivity (Wildman–Crippen MR) is 103 cm³/mol. The first-order valence-corrected chi connectivity index (χ1v) is 9.45. The Bertz CT molecular complexity index is 579. The number of benzene rings is 2. The molecule has 0 saturated heterocycles. The molecule has 0 spiro atoms. The molecule has 0 saturated carbocycles. The third-order valence-electron chi connectivity index (χ3n) is 4.00. The summed E-state index contributed by atoms with van der Waals surface area (Å²) in [5.41, 5.74) is 2.83. The van der Waals surface area contributed by atoms with Gasteiger partial charge in [0, 0.05) is 22.7 Å². The zero-order valence-corrected chi connectivity index (χ0v) is 15.6. The molecular formula is C21H29NS. The molecule has 0 amide bonds. The molecule has 2 aromatic carbocycles. The van der Waals surface area contributed by atoms with Crippen LogP contribution < -0.4 is 5.32 Å². The minimum atomic E-state index is 0.440. The molecule has 2 heteroatoms. The molecule has 2 unspecified atom stereocenters. The predicted octanol–water partition coefficient (Wildman–Crippen LogP) is 5.85. The van der Waals surface area contributed by atoms with Crippen LogP contribution in [0.2, 0.25) is 0 Å². The van der Waals surface area contributed by atoms with Gasteiger partial charge in [-0.15, -0.1) is 11.8 Å². The van der Waals surface area contributed by atoms with Crippen molar-refractivity contribution in [1.29, 1.82) is 0 Å². The Morgan fingerprint density at radius 3 is 2.22 bits per heavy atom. The normalized spacial score (nSPS) is 14.0. The van der Waals surface area contributed by atoms with E-state index in [1.54, 1.807) is 0 Å². The lowest BCUT2D eigenvalue weighted by molar-refractivity contribution is 0.430. The van der Waals surface area contributed by atoms with Gasteiger partial charge in [-0.2, -0.15) is 0 Å². The molecule has 0 aliphatic carbocycles. The van der Waals surface area contributed by atoms with Gasteiger partial charge in [0.25, 0.3) is 0 Å². The van der Waals surface area contributed by atoms with Gasteiger partial charge in [-0.1, -0.05) is 63.2 Å². The number of aryl methyl sites for hydroxylation is 1. The lowest BCUT2D eigenvalue weighted by Crippen LogP contribution is -2.29. The Hall–Kier alpha value is -1.25. The van der Waals surface area contributed by atoms with E-state index in [-0.39, 0.29) is 0 Å². The fraction of sp³-hybridized carbons (Fsp3) is 0.429. The van der Waals surface area contributed by atoms with Crippen LogP contribution in [0.3, 0.4) is 0 Å². The molecule has 2 atom stereocenters. The van der Waals surface area contributed by atoms with Crippen molar-refractivity contribution in [2.24, 2.45) is 5.92 Å². The van der Waals surface area contributed by atoms with Crippen LogP contribution in [-0.2, 0) is 0 Å². The van der Waals surface area contributed by atoms with E-state index in [1.165, 1.54) is 22.4 Å². The molecule has 0 fully saturated rings. The summed E-state index contributed by atoms with van der Waals surface area (Å²) in [6, 6.07) is 19.9. The molecule has 0 aromatic heterocycles. The second-order valence-electron chi connectivity index (χ2n) is 6.69. The van der Waals surface area contributed by atoms with E-state index in [0.717, 1.165) is 6.54 Å². The molecule has 0 heterocycles. The topological polar surface area (TPSA) is 12.0 Å². The van der Waals surface area contributed by atoms with E-state index >= 15 is 0 Å². The third kappa shape index (κ3) is 6.04. The Kier molecular flexibility index (Phi) is 7.19. The molecule has 2 rings (SSSR count). The number of hydrogen-bond acceptors (Lipinski definition) is 2. The van der Waals surface area contributed by atoms with Crippen molar-refractivity contribution in [3.05, 3.63) is 65.7 Å². The van der Waals surface area contributed by atoms with Gasteiger partial charge in [0.2, 0.25) is 0 Å². The summed E-state index contributed by atoms with van der Waals surface area (Å²) < 4.78 is 0. The molecule has 0 radical (unpaired) electrons. The van der Waals surface area contributed by atoms with Gasteiger partial charge in [0.05, 0.1) is 0 Å². The monoisotopic (exact) mass is 327 g/mol. The molecular weight excluding hydrogens is 298 g/mol. The van der Waals surface area contributed by atoms with E-state index in [4.69, 9.17) is 0 Å². The fourth-order valence-corrected chi connectivity index (χ4v) is 3.81. The highest BCUT2D eigenvalue weighted by molar-refractivity contribution is 8.00. The molecule has 0 aliphatic heterocycles. The lowest BCUT2D eigenvalue weighted by atomic mass is 9.94. The van der Waals surface area contributed by atoms with Crippen LogP contribution in [0.5, 0.6) is 0 Å². The van der Waals surface area contributed by atoms with Crippen LogP contribution in [0.1, 0.15) is 44.4 Å². The van der Waals surface area contributed by atoms with Crippen LogP contribution in [0.25, 0.3) is 0 Å². The zero-order chi connectivity index (χ0) is 16.7. The number of nitrogens with one attached hydrogen (secondary N) is 1. The summed E-state index contributed by atoms with van der Waals surface area (Å²) in [4.78, 5) is 1.35. The van der Waals surface area contributed by atoms with Crippen LogP contribution in [0.15, 0.2) is 59.5 Å². The minimum Gasteiger partial charge on any atom is -0.309 e. The second-order valence-corrected chi connectivity index (χ2v) is 8.20. The average molecular weight is 328 g/mol. The van der Waals surface area contributed by atoms with Crippen molar-refractivity contribution in [3.8, 4) is 0 Å². The largest absolute Gasteiger partial charge is 0.309 e. The van der Waals surface area contributed by atoms with Crippen LogP contribution in [0.4, 0.5) is 0 Å². The summed E-state index contributed by atoms with van der Waals surface area (Å²) in [6.45, 7) is 10.1. The number of rotatable bonds is 8. The summed E-state index contributed by atoms with van der Waals surface area (Å²) in [7, 11) is 0. The highest BCUT2D eigenvalue weighted by Crippen LogP contribution is 2.26. The third-order valence-corrected chi connectivity index (χ3v) is 5.12. The SMILES string of the molecule is Cc1ccccc1C(CC(C)C)NCC(C)Sc1ccccc1. The van der Waals surface area contributed by atoms with Gasteiger partial charge < -0.3 is 5.32 Å². The van der Waals surface area contributed by atoms with E-state index in [9.17, 15) is 0 Å². The zero-order valence-electron chi connectivity index (χ0n) is 14.8. The first-order chi connectivity index (χ1) is 11.1. The molecule has 124 valence electrons. The first-order valence-electron chi connectivity index (χ1n) is 8.57. The van der Waals surface area contributed by atoms with Crippen LogP contribution in [-0.4, -0.2) is 11.8 Å². The van der Waals surface area contributed by atoms with E-state index in [2.05, 4.69) is 87.6 Å². The summed E-state index contributed by atoms with van der Waals surface area (Å²) in [6.07, 6.45) is 1.17. The van der Waals surface area contributed by atoms with Crippen LogP contribution in [0, 0.1) is 12.8 Å². The van der Waals surface area contributed by atoms with Crippen LogP contribution >= 0.6 is 11.8 Å². The lowest BCUT2D eigenvalue weighted by Gasteiger charge is -2.24.